The highest BCUT2D eigenvalue weighted by atomic mass is 16.6. The number of aryl methyl sites for hydroxylation is 1. The summed E-state index contributed by atoms with van der Waals surface area (Å²) >= 11 is 0. The SMILES string of the molecule is Cc1nc2cc3c(cc2[nH]1)C1CCC3CN(C(=O)OC(C)(C)C)C1. The second-order valence-corrected chi connectivity index (χ2v) is 8.18. The molecule has 2 atom stereocenters. The van der Waals surface area contributed by atoms with Crippen LogP contribution in [0.1, 0.15) is 62.4 Å². The van der Waals surface area contributed by atoms with Crippen LogP contribution < -0.4 is 0 Å². The fourth-order valence-corrected chi connectivity index (χ4v) is 4.10. The van der Waals surface area contributed by atoms with E-state index in [4.69, 9.17) is 4.74 Å². The molecule has 5 heteroatoms. The summed E-state index contributed by atoms with van der Waals surface area (Å²) in [6.45, 7) is 9.24. The number of fused-ring (bicyclic) bond motifs is 4. The second kappa shape index (κ2) is 5.23. The predicted molar refractivity (Wildman–Crippen MR) is 93.4 cm³/mol. The predicted octanol–water partition coefficient (Wildman–Crippen LogP) is 4.08. The number of carbonyl (C=O) groups is 1. The number of imidazole rings is 1. The van der Waals surface area contributed by atoms with Crippen LogP contribution in [-0.2, 0) is 4.74 Å². The molecule has 1 N–H and O–H groups in total. The molecule has 0 saturated carbocycles. The van der Waals surface area contributed by atoms with E-state index in [1.165, 1.54) is 11.1 Å². The van der Waals surface area contributed by atoms with Gasteiger partial charge in [-0.1, -0.05) is 0 Å². The normalized spacial score (nSPS) is 23.2. The first-order valence-corrected chi connectivity index (χ1v) is 8.78. The molecule has 2 unspecified atom stereocenters. The highest BCUT2D eigenvalue weighted by molar-refractivity contribution is 5.78. The van der Waals surface area contributed by atoms with Crippen molar-refractivity contribution < 1.29 is 9.53 Å². The molecule has 2 bridgehead atoms. The third-order valence-electron chi connectivity index (χ3n) is 5.08. The van der Waals surface area contributed by atoms with Gasteiger partial charge in [0, 0.05) is 24.9 Å². The Morgan fingerprint density at radius 3 is 2.46 bits per heavy atom. The maximum Gasteiger partial charge on any atom is 0.410 e. The molecule has 1 saturated heterocycles. The number of aromatic amines is 1. The Labute approximate surface area is 142 Å². The van der Waals surface area contributed by atoms with Crippen molar-refractivity contribution in [1.29, 1.82) is 0 Å². The molecule has 1 aromatic heterocycles. The van der Waals surface area contributed by atoms with Gasteiger partial charge in [-0.2, -0.15) is 0 Å². The number of amides is 1. The van der Waals surface area contributed by atoms with Crippen molar-refractivity contribution >= 4 is 17.1 Å². The highest BCUT2D eigenvalue weighted by Crippen LogP contribution is 2.44. The van der Waals surface area contributed by atoms with Gasteiger partial charge < -0.3 is 14.6 Å². The number of rotatable bonds is 0. The zero-order chi connectivity index (χ0) is 17.1. The molecule has 2 aromatic rings. The quantitative estimate of drug-likeness (QED) is 0.793. The summed E-state index contributed by atoms with van der Waals surface area (Å²) in [4.78, 5) is 22.4. The van der Waals surface area contributed by atoms with Crippen LogP contribution in [0.3, 0.4) is 0 Å². The minimum atomic E-state index is -0.452. The topological polar surface area (TPSA) is 58.2 Å². The van der Waals surface area contributed by atoms with Crippen molar-refractivity contribution in [1.82, 2.24) is 14.9 Å². The fourth-order valence-electron chi connectivity index (χ4n) is 4.10. The Kier molecular flexibility index (Phi) is 3.37. The van der Waals surface area contributed by atoms with Gasteiger partial charge in [0.25, 0.3) is 0 Å². The van der Waals surface area contributed by atoms with Gasteiger partial charge in [0.2, 0.25) is 0 Å². The Hall–Kier alpha value is -2.04. The number of H-pyrrole nitrogens is 1. The summed E-state index contributed by atoms with van der Waals surface area (Å²) in [5, 5.41) is 0. The third kappa shape index (κ3) is 2.66. The van der Waals surface area contributed by atoms with E-state index in [-0.39, 0.29) is 6.09 Å². The van der Waals surface area contributed by atoms with Gasteiger partial charge in [0.05, 0.1) is 11.0 Å². The van der Waals surface area contributed by atoms with Crippen LogP contribution in [0, 0.1) is 6.92 Å². The highest BCUT2D eigenvalue weighted by Gasteiger charge is 2.37. The zero-order valence-corrected chi connectivity index (χ0v) is 14.8. The fraction of sp³-hybridized carbons (Fsp3) is 0.579. The molecule has 2 aliphatic heterocycles. The van der Waals surface area contributed by atoms with Crippen LogP contribution in [0.2, 0.25) is 0 Å². The molecule has 5 rings (SSSR count). The minimum Gasteiger partial charge on any atom is -0.444 e. The van der Waals surface area contributed by atoms with Crippen molar-refractivity contribution in [3.8, 4) is 0 Å². The molecule has 24 heavy (non-hydrogen) atoms. The molecule has 0 radical (unpaired) electrons. The van der Waals surface area contributed by atoms with Gasteiger partial charge in [0.15, 0.2) is 0 Å². The lowest BCUT2D eigenvalue weighted by Gasteiger charge is -2.27. The Balaban J connectivity index is 1.68. The van der Waals surface area contributed by atoms with Gasteiger partial charge in [-0.15, -0.1) is 0 Å². The van der Waals surface area contributed by atoms with E-state index in [0.717, 1.165) is 42.8 Å². The Morgan fingerprint density at radius 1 is 1.21 bits per heavy atom. The van der Waals surface area contributed by atoms with Crippen LogP contribution in [0.15, 0.2) is 12.1 Å². The number of nitrogens with one attached hydrogen (secondary N) is 1. The van der Waals surface area contributed by atoms with Crippen LogP contribution in [-0.4, -0.2) is 39.7 Å². The number of benzene rings is 1. The molecule has 128 valence electrons. The molecule has 1 aromatic carbocycles. The van der Waals surface area contributed by atoms with E-state index in [9.17, 15) is 4.79 Å². The van der Waals surface area contributed by atoms with Crippen molar-refractivity contribution in [3.05, 3.63) is 29.1 Å². The minimum absolute atomic E-state index is 0.188. The number of carbonyl (C=O) groups excluding carboxylic acids is 1. The van der Waals surface area contributed by atoms with E-state index in [2.05, 4.69) is 22.1 Å². The van der Waals surface area contributed by atoms with Crippen LogP contribution >= 0.6 is 0 Å². The summed E-state index contributed by atoms with van der Waals surface area (Å²) in [6.07, 6.45) is 2.08. The lowest BCUT2D eigenvalue weighted by Crippen LogP contribution is -2.38. The largest absolute Gasteiger partial charge is 0.444 e. The maximum atomic E-state index is 12.6. The third-order valence-corrected chi connectivity index (χ3v) is 5.08. The number of ether oxygens (including phenoxy) is 1. The summed E-state index contributed by atoms with van der Waals surface area (Å²) in [5.74, 6) is 1.72. The molecular formula is C19H25N3O2. The van der Waals surface area contributed by atoms with E-state index in [1.807, 2.05) is 32.6 Å². The molecule has 0 spiro atoms. The monoisotopic (exact) mass is 327 g/mol. The van der Waals surface area contributed by atoms with E-state index in [1.54, 1.807) is 0 Å². The first-order valence-electron chi connectivity index (χ1n) is 8.78. The van der Waals surface area contributed by atoms with Gasteiger partial charge in [0.1, 0.15) is 11.4 Å². The summed E-state index contributed by atoms with van der Waals surface area (Å²) in [6, 6.07) is 4.48. The molecule has 1 fully saturated rings. The van der Waals surface area contributed by atoms with Gasteiger partial charge in [-0.25, -0.2) is 9.78 Å². The molecule has 1 amide bonds. The molecule has 3 heterocycles. The van der Waals surface area contributed by atoms with Crippen molar-refractivity contribution in [2.45, 2.75) is 58.0 Å². The smallest absolute Gasteiger partial charge is 0.410 e. The first kappa shape index (κ1) is 15.5. The lowest BCUT2D eigenvalue weighted by atomic mass is 9.78. The first-order chi connectivity index (χ1) is 11.3. The van der Waals surface area contributed by atoms with Crippen molar-refractivity contribution in [3.63, 3.8) is 0 Å². The summed E-state index contributed by atoms with van der Waals surface area (Å²) < 4.78 is 5.60. The van der Waals surface area contributed by atoms with Crippen LogP contribution in [0.4, 0.5) is 4.79 Å². The summed E-state index contributed by atoms with van der Waals surface area (Å²) in [5.41, 5.74) is 4.43. The van der Waals surface area contributed by atoms with E-state index >= 15 is 0 Å². The average Bonchev–Trinajstić information content (AvgIpc) is 2.66. The van der Waals surface area contributed by atoms with Gasteiger partial charge in [-0.3, -0.25) is 0 Å². The standard InChI is InChI=1S/C19H25N3O2/c1-11-20-16-7-14-12-5-6-13(15(14)8-17(16)21-11)10-22(9-12)18(23)24-19(2,3)4/h7-8,12-13H,5-6,9-10H2,1-4H3,(H,20,21). The Bertz CT molecular complexity index is 752. The number of nitrogens with zero attached hydrogens (tertiary/aromatic N) is 2. The van der Waals surface area contributed by atoms with E-state index in [0.29, 0.717) is 11.8 Å². The molecule has 1 aliphatic carbocycles. The summed E-state index contributed by atoms with van der Waals surface area (Å²) in [7, 11) is 0. The second-order valence-electron chi connectivity index (χ2n) is 8.18. The lowest BCUT2D eigenvalue weighted by molar-refractivity contribution is 0.0246. The average molecular weight is 327 g/mol. The number of aromatic nitrogens is 2. The molecule has 5 nitrogen and oxygen atoms in total. The zero-order valence-electron chi connectivity index (χ0n) is 14.8. The van der Waals surface area contributed by atoms with Crippen molar-refractivity contribution in [2.75, 3.05) is 13.1 Å². The Morgan fingerprint density at radius 2 is 1.83 bits per heavy atom. The van der Waals surface area contributed by atoms with E-state index < -0.39 is 5.60 Å². The number of hydrogen-bond donors (Lipinski definition) is 1. The maximum absolute atomic E-state index is 12.6. The van der Waals surface area contributed by atoms with Crippen LogP contribution in [0.5, 0.6) is 0 Å². The molecular weight excluding hydrogens is 302 g/mol. The number of hydrogen-bond acceptors (Lipinski definition) is 3. The van der Waals surface area contributed by atoms with Gasteiger partial charge >= 0.3 is 6.09 Å². The van der Waals surface area contributed by atoms with Crippen LogP contribution in [0.25, 0.3) is 11.0 Å². The molecule has 3 aliphatic rings. The van der Waals surface area contributed by atoms with Gasteiger partial charge in [-0.05, 0) is 63.8 Å². The van der Waals surface area contributed by atoms with Crippen molar-refractivity contribution in [2.24, 2.45) is 0 Å².